The Hall–Kier alpha value is -1.31. The van der Waals surface area contributed by atoms with Gasteiger partial charge in [-0.25, -0.2) is 0 Å². The fraction of sp³-hybridized carbons (Fsp3) is 0.429. The molecular formula is C14H21IN4O. The van der Waals surface area contributed by atoms with Crippen LogP contribution in [-0.2, 0) is 17.9 Å². The molecule has 1 amide bonds. The predicted molar refractivity (Wildman–Crippen MR) is 90.9 cm³/mol. The maximum Gasteiger partial charge on any atom is 0.222 e. The molecule has 0 atom stereocenters. The third-order valence-corrected chi connectivity index (χ3v) is 3.35. The Labute approximate surface area is 136 Å². The predicted octanol–water partition coefficient (Wildman–Crippen LogP) is 1.46. The molecule has 0 aliphatic carbocycles. The molecule has 0 unspecified atom stereocenters. The average Bonchev–Trinajstić information content (AvgIpc) is 2.83. The summed E-state index contributed by atoms with van der Waals surface area (Å²) in [5.74, 6) is 0.671. The third-order valence-electron chi connectivity index (χ3n) is 3.35. The lowest BCUT2D eigenvalue weighted by atomic mass is 10.1. The monoisotopic (exact) mass is 388 g/mol. The molecule has 0 bridgehead atoms. The van der Waals surface area contributed by atoms with E-state index in [9.17, 15) is 4.79 Å². The van der Waals surface area contributed by atoms with Gasteiger partial charge in [-0.05, 0) is 17.5 Å². The van der Waals surface area contributed by atoms with Crippen molar-refractivity contribution in [1.29, 1.82) is 0 Å². The Morgan fingerprint density at radius 3 is 2.70 bits per heavy atom. The Morgan fingerprint density at radius 2 is 2.10 bits per heavy atom. The minimum atomic E-state index is 0. The summed E-state index contributed by atoms with van der Waals surface area (Å²) < 4.78 is 0. The van der Waals surface area contributed by atoms with Crippen molar-refractivity contribution < 1.29 is 4.79 Å². The molecule has 0 spiro atoms. The van der Waals surface area contributed by atoms with E-state index in [0.29, 0.717) is 25.5 Å². The standard InChI is InChI=1S/C14H20N4O.HI/c1-16-14(15)17-9-11-5-2-3-6-12(11)10-18-8-4-7-13(18)19;/h2-3,5-6H,4,7-10H2,1H3,(H3,15,16,17);1H. The van der Waals surface area contributed by atoms with Gasteiger partial charge in [0.1, 0.15) is 0 Å². The van der Waals surface area contributed by atoms with Crippen LogP contribution in [0.2, 0.25) is 0 Å². The number of hydrogen-bond donors (Lipinski definition) is 2. The van der Waals surface area contributed by atoms with Gasteiger partial charge in [0.25, 0.3) is 0 Å². The molecule has 1 aromatic rings. The van der Waals surface area contributed by atoms with Crippen molar-refractivity contribution in [3.05, 3.63) is 35.4 Å². The lowest BCUT2D eigenvalue weighted by molar-refractivity contribution is -0.128. The normalized spacial score (nSPS) is 15.2. The minimum absolute atomic E-state index is 0. The van der Waals surface area contributed by atoms with Crippen LogP contribution in [0, 0.1) is 0 Å². The van der Waals surface area contributed by atoms with Gasteiger partial charge in [0.2, 0.25) is 5.91 Å². The van der Waals surface area contributed by atoms with Gasteiger partial charge in [0, 0.05) is 33.1 Å². The first kappa shape index (κ1) is 16.7. The van der Waals surface area contributed by atoms with E-state index < -0.39 is 0 Å². The number of nitrogens with one attached hydrogen (secondary N) is 1. The zero-order valence-corrected chi connectivity index (χ0v) is 14.0. The van der Waals surface area contributed by atoms with E-state index in [1.807, 2.05) is 23.1 Å². The number of likely N-dealkylation sites (tertiary alicyclic amines) is 1. The maximum atomic E-state index is 11.7. The van der Waals surface area contributed by atoms with Crippen LogP contribution in [0.3, 0.4) is 0 Å². The Bertz CT molecular complexity index is 490. The molecule has 3 N–H and O–H groups in total. The maximum absolute atomic E-state index is 11.7. The van der Waals surface area contributed by atoms with Crippen LogP contribution >= 0.6 is 24.0 Å². The lowest BCUT2D eigenvalue weighted by Gasteiger charge is -2.18. The summed E-state index contributed by atoms with van der Waals surface area (Å²) in [5, 5.41) is 3.05. The topological polar surface area (TPSA) is 70.7 Å². The fourth-order valence-corrected chi connectivity index (χ4v) is 2.23. The van der Waals surface area contributed by atoms with Crippen LogP contribution in [0.25, 0.3) is 0 Å². The number of carbonyl (C=O) groups is 1. The Morgan fingerprint density at radius 1 is 1.40 bits per heavy atom. The second-order valence-electron chi connectivity index (χ2n) is 4.65. The van der Waals surface area contributed by atoms with Crippen LogP contribution in [0.15, 0.2) is 29.3 Å². The summed E-state index contributed by atoms with van der Waals surface area (Å²) in [6, 6.07) is 8.09. The number of amides is 1. The summed E-state index contributed by atoms with van der Waals surface area (Å²) in [5.41, 5.74) is 7.94. The number of benzene rings is 1. The summed E-state index contributed by atoms with van der Waals surface area (Å²) in [6.07, 6.45) is 1.64. The highest BCUT2D eigenvalue weighted by atomic mass is 127. The SMILES string of the molecule is CN=C(N)NCc1ccccc1CN1CCCC1=O.I. The quantitative estimate of drug-likeness (QED) is 0.466. The highest BCUT2D eigenvalue weighted by Crippen LogP contribution is 2.17. The number of nitrogens with zero attached hydrogens (tertiary/aromatic N) is 2. The summed E-state index contributed by atoms with van der Waals surface area (Å²) in [7, 11) is 1.65. The molecule has 1 heterocycles. The Kier molecular flexibility index (Phi) is 6.77. The number of rotatable bonds is 4. The molecule has 0 radical (unpaired) electrons. The van der Waals surface area contributed by atoms with Crippen molar-refractivity contribution in [3.8, 4) is 0 Å². The minimum Gasteiger partial charge on any atom is -0.370 e. The molecule has 1 aliphatic heterocycles. The summed E-state index contributed by atoms with van der Waals surface area (Å²) >= 11 is 0. The molecule has 1 fully saturated rings. The molecule has 20 heavy (non-hydrogen) atoms. The highest BCUT2D eigenvalue weighted by molar-refractivity contribution is 14.0. The number of guanidine groups is 1. The van der Waals surface area contributed by atoms with Gasteiger partial charge in [-0.1, -0.05) is 24.3 Å². The summed E-state index contributed by atoms with van der Waals surface area (Å²) in [6.45, 7) is 2.17. The van der Waals surface area contributed by atoms with Crippen molar-refractivity contribution >= 4 is 35.8 Å². The van der Waals surface area contributed by atoms with Crippen LogP contribution in [0.1, 0.15) is 24.0 Å². The molecular weight excluding hydrogens is 367 g/mol. The lowest BCUT2D eigenvalue weighted by Crippen LogP contribution is -2.31. The van der Waals surface area contributed by atoms with E-state index in [-0.39, 0.29) is 29.9 Å². The van der Waals surface area contributed by atoms with E-state index in [2.05, 4.69) is 16.4 Å². The van der Waals surface area contributed by atoms with Gasteiger partial charge in [-0.15, -0.1) is 24.0 Å². The molecule has 1 aromatic carbocycles. The summed E-state index contributed by atoms with van der Waals surface area (Å²) in [4.78, 5) is 17.5. The smallest absolute Gasteiger partial charge is 0.222 e. The van der Waals surface area contributed by atoms with E-state index >= 15 is 0 Å². The van der Waals surface area contributed by atoms with Gasteiger partial charge in [0.05, 0.1) is 0 Å². The molecule has 5 nitrogen and oxygen atoms in total. The first-order valence-corrected chi connectivity index (χ1v) is 6.51. The second-order valence-corrected chi connectivity index (χ2v) is 4.65. The number of nitrogens with two attached hydrogens (primary N) is 1. The fourth-order valence-electron chi connectivity index (χ4n) is 2.23. The second kappa shape index (κ2) is 8.08. The van der Waals surface area contributed by atoms with Crippen molar-refractivity contribution in [1.82, 2.24) is 10.2 Å². The van der Waals surface area contributed by atoms with Gasteiger partial charge < -0.3 is 16.0 Å². The van der Waals surface area contributed by atoms with E-state index in [1.165, 1.54) is 0 Å². The van der Waals surface area contributed by atoms with Gasteiger partial charge in [0.15, 0.2) is 5.96 Å². The van der Waals surface area contributed by atoms with E-state index in [4.69, 9.17) is 5.73 Å². The third kappa shape index (κ3) is 4.36. The molecule has 6 heteroatoms. The van der Waals surface area contributed by atoms with Gasteiger partial charge >= 0.3 is 0 Å². The van der Waals surface area contributed by atoms with E-state index in [0.717, 1.165) is 24.1 Å². The zero-order valence-electron chi connectivity index (χ0n) is 11.6. The first-order chi connectivity index (χ1) is 9.20. The molecule has 1 saturated heterocycles. The molecule has 110 valence electrons. The van der Waals surface area contributed by atoms with Gasteiger partial charge in [-0.2, -0.15) is 0 Å². The molecule has 0 aromatic heterocycles. The van der Waals surface area contributed by atoms with Crippen LogP contribution in [-0.4, -0.2) is 30.4 Å². The average molecular weight is 388 g/mol. The largest absolute Gasteiger partial charge is 0.370 e. The Balaban J connectivity index is 0.00000200. The molecule has 0 saturated carbocycles. The highest BCUT2D eigenvalue weighted by Gasteiger charge is 2.20. The van der Waals surface area contributed by atoms with Crippen LogP contribution < -0.4 is 11.1 Å². The van der Waals surface area contributed by atoms with E-state index in [1.54, 1.807) is 7.05 Å². The molecule has 2 rings (SSSR count). The number of aliphatic imine (C=N–C) groups is 1. The van der Waals surface area contributed by atoms with Crippen molar-refractivity contribution in [3.63, 3.8) is 0 Å². The number of halogens is 1. The number of carbonyl (C=O) groups excluding carboxylic acids is 1. The van der Waals surface area contributed by atoms with Gasteiger partial charge in [-0.3, -0.25) is 9.79 Å². The first-order valence-electron chi connectivity index (χ1n) is 6.51. The van der Waals surface area contributed by atoms with Crippen molar-refractivity contribution in [2.75, 3.05) is 13.6 Å². The zero-order chi connectivity index (χ0) is 13.7. The molecule has 1 aliphatic rings. The van der Waals surface area contributed by atoms with Crippen molar-refractivity contribution in [2.24, 2.45) is 10.7 Å². The van der Waals surface area contributed by atoms with Crippen molar-refractivity contribution in [2.45, 2.75) is 25.9 Å². The van der Waals surface area contributed by atoms with Crippen LogP contribution in [0.5, 0.6) is 0 Å². The number of hydrogen-bond acceptors (Lipinski definition) is 2. The van der Waals surface area contributed by atoms with Crippen LogP contribution in [0.4, 0.5) is 0 Å².